The first-order valence-electron chi connectivity index (χ1n) is 7.71. The molecule has 5 nitrogen and oxygen atoms in total. The lowest BCUT2D eigenvalue weighted by Gasteiger charge is -2.36. The highest BCUT2D eigenvalue weighted by Gasteiger charge is 2.35. The summed E-state index contributed by atoms with van der Waals surface area (Å²) in [6, 6.07) is 5.96. The molecule has 1 aliphatic heterocycles. The number of hydrogen-bond acceptors (Lipinski definition) is 5. The molecule has 0 radical (unpaired) electrons. The monoisotopic (exact) mass is 338 g/mol. The predicted octanol–water partition coefficient (Wildman–Crippen LogP) is 3.17. The molecule has 0 bridgehead atoms. The van der Waals surface area contributed by atoms with Crippen molar-refractivity contribution >= 4 is 5.82 Å². The minimum absolute atomic E-state index is 0.00804. The fourth-order valence-corrected chi connectivity index (χ4v) is 2.63. The molecule has 0 saturated carbocycles. The summed E-state index contributed by atoms with van der Waals surface area (Å²) in [7, 11) is 0. The van der Waals surface area contributed by atoms with Gasteiger partial charge in [0.1, 0.15) is 11.5 Å². The summed E-state index contributed by atoms with van der Waals surface area (Å²) < 4.78 is 45.2. The second-order valence-corrected chi connectivity index (χ2v) is 5.48. The van der Waals surface area contributed by atoms with E-state index in [0.29, 0.717) is 25.5 Å². The topological polar surface area (TPSA) is 51.1 Å². The lowest BCUT2D eigenvalue weighted by Crippen LogP contribution is -2.45. The van der Waals surface area contributed by atoms with Crippen LogP contribution in [-0.4, -0.2) is 40.8 Å². The molecule has 24 heavy (non-hydrogen) atoms. The zero-order chi connectivity index (χ0) is 17.2. The normalized spacial score (nSPS) is 18.7. The third-order valence-electron chi connectivity index (χ3n) is 3.89. The quantitative estimate of drug-likeness (QED) is 0.860. The van der Waals surface area contributed by atoms with Gasteiger partial charge in [-0.2, -0.15) is 13.2 Å². The fraction of sp³-hybridized carbons (Fsp3) is 0.438. The third kappa shape index (κ3) is 3.48. The molecule has 3 heterocycles. The van der Waals surface area contributed by atoms with Gasteiger partial charge in [0.15, 0.2) is 11.5 Å². The van der Waals surface area contributed by atoms with Crippen molar-refractivity contribution in [3.8, 4) is 11.5 Å². The average molecular weight is 338 g/mol. The Labute approximate surface area is 137 Å². The standard InChI is InChI=1S/C16H17F3N4O/c1-2-11-10-24-8-7-23(11)14-9-13(16(17,18)19)21-15(22-14)12-5-3-4-6-20-12/h3-6,9,11H,2,7-8,10H2,1H3. The van der Waals surface area contributed by atoms with Gasteiger partial charge in [0.25, 0.3) is 0 Å². The number of alkyl halides is 3. The maximum Gasteiger partial charge on any atom is 0.433 e. The molecule has 2 aromatic rings. The number of halogens is 3. The number of nitrogens with zero attached hydrogens (tertiary/aromatic N) is 4. The first-order chi connectivity index (χ1) is 11.5. The van der Waals surface area contributed by atoms with Gasteiger partial charge in [0, 0.05) is 18.8 Å². The Morgan fingerprint density at radius 2 is 2.12 bits per heavy atom. The second kappa shape index (κ2) is 6.72. The summed E-state index contributed by atoms with van der Waals surface area (Å²) in [4.78, 5) is 13.9. The van der Waals surface area contributed by atoms with Crippen molar-refractivity contribution in [2.24, 2.45) is 0 Å². The van der Waals surface area contributed by atoms with E-state index >= 15 is 0 Å². The molecule has 0 aromatic carbocycles. The molecule has 128 valence electrons. The van der Waals surface area contributed by atoms with Crippen LogP contribution < -0.4 is 4.90 Å². The molecular formula is C16H17F3N4O. The van der Waals surface area contributed by atoms with Crippen LogP contribution in [0.15, 0.2) is 30.5 Å². The molecule has 1 fully saturated rings. The molecule has 1 unspecified atom stereocenters. The summed E-state index contributed by atoms with van der Waals surface area (Å²) in [5.41, 5.74) is -0.652. The Morgan fingerprint density at radius 3 is 2.79 bits per heavy atom. The lowest BCUT2D eigenvalue weighted by molar-refractivity contribution is -0.141. The zero-order valence-corrected chi connectivity index (χ0v) is 13.1. The van der Waals surface area contributed by atoms with E-state index in [1.165, 1.54) is 6.20 Å². The molecule has 8 heteroatoms. The predicted molar refractivity (Wildman–Crippen MR) is 82.5 cm³/mol. The van der Waals surface area contributed by atoms with Gasteiger partial charge in [0.05, 0.1) is 19.3 Å². The number of pyridine rings is 1. The molecule has 2 aromatic heterocycles. The molecule has 1 atom stereocenters. The summed E-state index contributed by atoms with van der Waals surface area (Å²) in [5.74, 6) is 0.231. The second-order valence-electron chi connectivity index (χ2n) is 5.48. The number of rotatable bonds is 3. The maximum absolute atomic E-state index is 13.3. The van der Waals surface area contributed by atoms with Crippen LogP contribution in [0.4, 0.5) is 19.0 Å². The number of morpholine rings is 1. The minimum Gasteiger partial charge on any atom is -0.377 e. The number of hydrogen-bond donors (Lipinski definition) is 0. The van der Waals surface area contributed by atoms with E-state index in [2.05, 4.69) is 15.0 Å². The molecule has 1 saturated heterocycles. The van der Waals surface area contributed by atoms with Gasteiger partial charge < -0.3 is 9.64 Å². The van der Waals surface area contributed by atoms with Crippen molar-refractivity contribution in [2.75, 3.05) is 24.7 Å². The van der Waals surface area contributed by atoms with Crippen LogP contribution in [0.1, 0.15) is 19.0 Å². The molecule has 0 amide bonds. The largest absolute Gasteiger partial charge is 0.433 e. The van der Waals surface area contributed by atoms with E-state index in [4.69, 9.17) is 4.74 Å². The minimum atomic E-state index is -4.55. The van der Waals surface area contributed by atoms with Crippen LogP contribution in [0.5, 0.6) is 0 Å². The van der Waals surface area contributed by atoms with Crippen LogP contribution in [0.2, 0.25) is 0 Å². The Bertz CT molecular complexity index is 693. The van der Waals surface area contributed by atoms with Crippen molar-refractivity contribution < 1.29 is 17.9 Å². The Morgan fingerprint density at radius 1 is 1.29 bits per heavy atom. The van der Waals surface area contributed by atoms with Crippen molar-refractivity contribution in [1.82, 2.24) is 15.0 Å². The first kappa shape index (κ1) is 16.6. The summed E-state index contributed by atoms with van der Waals surface area (Å²) >= 11 is 0. The Balaban J connectivity index is 2.08. The molecule has 0 aliphatic carbocycles. The van der Waals surface area contributed by atoms with Gasteiger partial charge >= 0.3 is 6.18 Å². The van der Waals surface area contributed by atoms with E-state index < -0.39 is 11.9 Å². The Kier molecular flexibility index (Phi) is 4.66. The van der Waals surface area contributed by atoms with Gasteiger partial charge in [-0.25, -0.2) is 9.97 Å². The van der Waals surface area contributed by atoms with Crippen molar-refractivity contribution in [3.05, 3.63) is 36.2 Å². The summed E-state index contributed by atoms with van der Waals surface area (Å²) in [5, 5.41) is 0. The van der Waals surface area contributed by atoms with E-state index in [9.17, 15) is 13.2 Å². The maximum atomic E-state index is 13.3. The number of ether oxygens (including phenoxy) is 1. The van der Waals surface area contributed by atoms with Crippen LogP contribution in [-0.2, 0) is 10.9 Å². The molecule has 0 N–H and O–H groups in total. The van der Waals surface area contributed by atoms with Crippen molar-refractivity contribution in [2.45, 2.75) is 25.6 Å². The van der Waals surface area contributed by atoms with Gasteiger partial charge in [-0.15, -0.1) is 0 Å². The van der Waals surface area contributed by atoms with Gasteiger partial charge in [-0.3, -0.25) is 4.98 Å². The zero-order valence-electron chi connectivity index (χ0n) is 13.1. The van der Waals surface area contributed by atoms with E-state index in [-0.39, 0.29) is 17.7 Å². The highest BCUT2D eigenvalue weighted by Crippen LogP contribution is 2.32. The molecular weight excluding hydrogens is 321 g/mol. The third-order valence-corrected chi connectivity index (χ3v) is 3.89. The molecule has 1 aliphatic rings. The van der Waals surface area contributed by atoms with Crippen LogP contribution in [0, 0.1) is 0 Å². The van der Waals surface area contributed by atoms with Crippen LogP contribution in [0.3, 0.4) is 0 Å². The van der Waals surface area contributed by atoms with Crippen molar-refractivity contribution in [1.29, 1.82) is 0 Å². The highest BCUT2D eigenvalue weighted by atomic mass is 19.4. The van der Waals surface area contributed by atoms with Crippen LogP contribution >= 0.6 is 0 Å². The fourth-order valence-electron chi connectivity index (χ4n) is 2.63. The smallest absolute Gasteiger partial charge is 0.377 e. The number of aromatic nitrogens is 3. The SMILES string of the molecule is CCC1COCCN1c1cc(C(F)(F)F)nc(-c2ccccn2)n1. The van der Waals surface area contributed by atoms with Gasteiger partial charge in [-0.05, 0) is 18.6 Å². The lowest BCUT2D eigenvalue weighted by atomic mass is 10.1. The van der Waals surface area contributed by atoms with Crippen LogP contribution in [0.25, 0.3) is 11.5 Å². The molecule has 0 spiro atoms. The Hall–Kier alpha value is -2.22. The average Bonchev–Trinajstić information content (AvgIpc) is 2.61. The van der Waals surface area contributed by atoms with Gasteiger partial charge in [0.2, 0.25) is 0 Å². The van der Waals surface area contributed by atoms with Gasteiger partial charge in [-0.1, -0.05) is 13.0 Å². The van der Waals surface area contributed by atoms with E-state index in [0.717, 1.165) is 12.5 Å². The molecule has 3 rings (SSSR count). The first-order valence-corrected chi connectivity index (χ1v) is 7.71. The summed E-state index contributed by atoms with van der Waals surface area (Å²) in [6.45, 7) is 3.40. The highest BCUT2D eigenvalue weighted by molar-refractivity contribution is 5.54. The van der Waals surface area contributed by atoms with E-state index in [1.54, 1.807) is 18.2 Å². The number of anilines is 1. The van der Waals surface area contributed by atoms with E-state index in [1.807, 2.05) is 11.8 Å². The summed E-state index contributed by atoms with van der Waals surface area (Å²) in [6.07, 6.45) is -2.29. The van der Waals surface area contributed by atoms with Crippen molar-refractivity contribution in [3.63, 3.8) is 0 Å².